The fourth-order valence-corrected chi connectivity index (χ4v) is 1.98. The number of nitrogens with zero attached hydrogens (tertiary/aromatic N) is 1. The number of nitrogens with one attached hydrogen (secondary N) is 1. The second-order valence-electron chi connectivity index (χ2n) is 5.69. The molecule has 1 N–H and O–H groups in total. The molecule has 0 radical (unpaired) electrons. The zero-order valence-electron chi connectivity index (χ0n) is 12.7. The lowest BCUT2D eigenvalue weighted by Gasteiger charge is -2.33. The maximum atomic E-state index is 5.19. The Morgan fingerprint density at radius 1 is 1.24 bits per heavy atom. The van der Waals surface area contributed by atoms with Crippen LogP contribution in [-0.2, 0) is 4.74 Å². The third kappa shape index (κ3) is 8.58. The number of hydrogen-bond acceptors (Lipinski definition) is 3. The first kappa shape index (κ1) is 16.9. The quantitative estimate of drug-likeness (QED) is 0.674. The predicted octanol–water partition coefficient (Wildman–Crippen LogP) is 2.51. The highest BCUT2D eigenvalue weighted by Gasteiger charge is 2.18. The van der Waals surface area contributed by atoms with E-state index in [1.807, 2.05) is 0 Å². The summed E-state index contributed by atoms with van der Waals surface area (Å²) in [5.41, 5.74) is 0.201. The number of ether oxygens (including phenoxy) is 1. The molecule has 0 aliphatic heterocycles. The third-order valence-electron chi connectivity index (χ3n) is 3.00. The topological polar surface area (TPSA) is 24.5 Å². The van der Waals surface area contributed by atoms with Gasteiger partial charge in [-0.25, -0.2) is 0 Å². The lowest BCUT2D eigenvalue weighted by atomic mass is 10.1. The normalized spacial score (nSPS) is 14.3. The number of hydrogen-bond donors (Lipinski definition) is 1. The van der Waals surface area contributed by atoms with Crippen molar-refractivity contribution in [3.8, 4) is 0 Å². The summed E-state index contributed by atoms with van der Waals surface area (Å²) in [6, 6.07) is 0.624. The lowest BCUT2D eigenvalue weighted by Crippen LogP contribution is -2.48. The molecule has 0 rings (SSSR count). The van der Waals surface area contributed by atoms with Crippen LogP contribution in [0.2, 0.25) is 0 Å². The van der Waals surface area contributed by atoms with E-state index in [2.05, 4.69) is 44.8 Å². The van der Waals surface area contributed by atoms with Crippen LogP contribution in [0, 0.1) is 0 Å². The van der Waals surface area contributed by atoms with E-state index in [0.717, 1.165) is 26.2 Å². The molecule has 104 valence electrons. The van der Waals surface area contributed by atoms with E-state index in [1.54, 1.807) is 7.11 Å². The van der Waals surface area contributed by atoms with Crippen molar-refractivity contribution < 1.29 is 4.74 Å². The molecule has 0 aromatic heterocycles. The summed E-state index contributed by atoms with van der Waals surface area (Å²) in [7, 11) is 1.77. The summed E-state index contributed by atoms with van der Waals surface area (Å²) < 4.78 is 5.19. The van der Waals surface area contributed by atoms with Gasteiger partial charge < -0.3 is 10.1 Å². The standard InChI is InChI=1S/C14H32N2O/c1-7-9-13(12-15-14(3,4)5)16(8-2)10-11-17-6/h13,15H,7-12H2,1-6H3. The second kappa shape index (κ2) is 8.90. The van der Waals surface area contributed by atoms with Crippen molar-refractivity contribution in [2.75, 3.05) is 33.4 Å². The Bertz CT molecular complexity index is 178. The molecule has 3 nitrogen and oxygen atoms in total. The first-order valence-corrected chi connectivity index (χ1v) is 6.92. The molecule has 0 saturated carbocycles. The van der Waals surface area contributed by atoms with Crippen molar-refractivity contribution in [2.45, 2.75) is 59.0 Å². The summed E-state index contributed by atoms with van der Waals surface area (Å²) in [6.07, 6.45) is 2.49. The summed E-state index contributed by atoms with van der Waals surface area (Å²) in [4.78, 5) is 2.52. The largest absolute Gasteiger partial charge is 0.383 e. The Balaban J connectivity index is 4.25. The smallest absolute Gasteiger partial charge is 0.0589 e. The molecule has 0 aliphatic rings. The van der Waals surface area contributed by atoms with Gasteiger partial charge in [0, 0.05) is 31.8 Å². The van der Waals surface area contributed by atoms with E-state index in [9.17, 15) is 0 Å². The van der Waals surface area contributed by atoms with Crippen molar-refractivity contribution in [3.05, 3.63) is 0 Å². The molecule has 0 aromatic rings. The minimum atomic E-state index is 0.201. The monoisotopic (exact) mass is 244 g/mol. The van der Waals surface area contributed by atoms with Crippen LogP contribution in [0.5, 0.6) is 0 Å². The van der Waals surface area contributed by atoms with Crippen LogP contribution >= 0.6 is 0 Å². The SMILES string of the molecule is CCCC(CNC(C)(C)C)N(CC)CCOC. The molecule has 0 fully saturated rings. The average Bonchev–Trinajstić information content (AvgIpc) is 2.25. The van der Waals surface area contributed by atoms with Crippen LogP contribution in [0.4, 0.5) is 0 Å². The van der Waals surface area contributed by atoms with Gasteiger partial charge in [-0.3, -0.25) is 4.90 Å². The van der Waals surface area contributed by atoms with Crippen molar-refractivity contribution in [1.82, 2.24) is 10.2 Å². The highest BCUT2D eigenvalue weighted by molar-refractivity contribution is 4.78. The van der Waals surface area contributed by atoms with Gasteiger partial charge in [0.25, 0.3) is 0 Å². The summed E-state index contributed by atoms with van der Waals surface area (Å²) >= 11 is 0. The predicted molar refractivity (Wildman–Crippen MR) is 75.6 cm³/mol. The molecule has 17 heavy (non-hydrogen) atoms. The molecule has 0 bridgehead atoms. The molecular weight excluding hydrogens is 212 g/mol. The Morgan fingerprint density at radius 3 is 2.29 bits per heavy atom. The van der Waals surface area contributed by atoms with Crippen LogP contribution < -0.4 is 5.32 Å². The zero-order chi connectivity index (χ0) is 13.3. The van der Waals surface area contributed by atoms with Gasteiger partial charge in [0.05, 0.1) is 6.61 Å². The van der Waals surface area contributed by atoms with Gasteiger partial charge in [-0.05, 0) is 33.7 Å². The molecular formula is C14H32N2O. The average molecular weight is 244 g/mol. The van der Waals surface area contributed by atoms with E-state index in [0.29, 0.717) is 6.04 Å². The molecule has 1 atom stereocenters. The highest BCUT2D eigenvalue weighted by atomic mass is 16.5. The first-order valence-electron chi connectivity index (χ1n) is 6.92. The van der Waals surface area contributed by atoms with Crippen LogP contribution in [-0.4, -0.2) is 49.8 Å². The van der Waals surface area contributed by atoms with Crippen LogP contribution in [0.3, 0.4) is 0 Å². The van der Waals surface area contributed by atoms with Gasteiger partial charge in [-0.1, -0.05) is 20.3 Å². The minimum Gasteiger partial charge on any atom is -0.383 e. The summed E-state index contributed by atoms with van der Waals surface area (Å²) in [5, 5.41) is 3.62. The molecule has 1 unspecified atom stereocenters. The molecule has 0 amide bonds. The molecule has 0 aromatic carbocycles. The molecule has 3 heteroatoms. The van der Waals surface area contributed by atoms with E-state index in [1.165, 1.54) is 12.8 Å². The van der Waals surface area contributed by atoms with Crippen LogP contribution in [0.15, 0.2) is 0 Å². The Kier molecular flexibility index (Phi) is 8.83. The van der Waals surface area contributed by atoms with Gasteiger partial charge >= 0.3 is 0 Å². The van der Waals surface area contributed by atoms with Crippen LogP contribution in [0.1, 0.15) is 47.5 Å². The van der Waals surface area contributed by atoms with Gasteiger partial charge in [-0.2, -0.15) is 0 Å². The fourth-order valence-electron chi connectivity index (χ4n) is 1.98. The second-order valence-corrected chi connectivity index (χ2v) is 5.69. The molecule has 0 aliphatic carbocycles. The number of rotatable bonds is 9. The van der Waals surface area contributed by atoms with Crippen molar-refractivity contribution in [2.24, 2.45) is 0 Å². The van der Waals surface area contributed by atoms with Crippen molar-refractivity contribution >= 4 is 0 Å². The maximum Gasteiger partial charge on any atom is 0.0589 e. The minimum absolute atomic E-state index is 0.201. The van der Waals surface area contributed by atoms with Crippen LogP contribution in [0.25, 0.3) is 0 Å². The van der Waals surface area contributed by atoms with E-state index >= 15 is 0 Å². The first-order chi connectivity index (χ1) is 7.94. The summed E-state index contributed by atoms with van der Waals surface area (Å²) in [5.74, 6) is 0. The highest BCUT2D eigenvalue weighted by Crippen LogP contribution is 2.08. The van der Waals surface area contributed by atoms with Crippen molar-refractivity contribution in [3.63, 3.8) is 0 Å². The Hall–Kier alpha value is -0.120. The number of methoxy groups -OCH3 is 1. The fraction of sp³-hybridized carbons (Fsp3) is 1.00. The van der Waals surface area contributed by atoms with Gasteiger partial charge in [0.1, 0.15) is 0 Å². The molecule has 0 saturated heterocycles. The Morgan fingerprint density at radius 2 is 1.88 bits per heavy atom. The maximum absolute atomic E-state index is 5.19. The van der Waals surface area contributed by atoms with Gasteiger partial charge in [0.2, 0.25) is 0 Å². The third-order valence-corrected chi connectivity index (χ3v) is 3.00. The lowest BCUT2D eigenvalue weighted by molar-refractivity contribution is 0.115. The van der Waals surface area contributed by atoms with E-state index < -0.39 is 0 Å². The molecule has 0 heterocycles. The van der Waals surface area contributed by atoms with Crippen molar-refractivity contribution in [1.29, 1.82) is 0 Å². The molecule has 0 spiro atoms. The number of likely N-dealkylation sites (N-methyl/N-ethyl adjacent to an activating group) is 1. The van der Waals surface area contributed by atoms with E-state index in [-0.39, 0.29) is 5.54 Å². The Labute approximate surface area is 108 Å². The van der Waals surface area contributed by atoms with Gasteiger partial charge in [0.15, 0.2) is 0 Å². The van der Waals surface area contributed by atoms with Gasteiger partial charge in [-0.15, -0.1) is 0 Å². The van der Waals surface area contributed by atoms with E-state index in [4.69, 9.17) is 4.74 Å². The summed E-state index contributed by atoms with van der Waals surface area (Å²) in [6.45, 7) is 15.2. The zero-order valence-corrected chi connectivity index (χ0v) is 12.7.